The van der Waals surface area contributed by atoms with E-state index in [0.29, 0.717) is 24.4 Å². The molecule has 1 amide bonds. The van der Waals surface area contributed by atoms with Crippen LogP contribution in [0.5, 0.6) is 5.75 Å². The molecule has 0 spiro atoms. The first kappa shape index (κ1) is 20.5. The number of halogens is 1. The minimum atomic E-state index is 0. The molecule has 4 nitrogen and oxygen atoms in total. The molecule has 2 bridgehead atoms. The monoisotopic (exact) mass is 392 g/mol. The Morgan fingerprint density at radius 2 is 1.89 bits per heavy atom. The first-order valence-electron chi connectivity index (χ1n) is 10.4. The molecule has 3 N–H and O–H groups in total. The quantitative estimate of drug-likeness (QED) is 0.769. The van der Waals surface area contributed by atoms with Gasteiger partial charge in [-0.15, -0.1) is 12.4 Å². The van der Waals surface area contributed by atoms with Crippen molar-refractivity contribution >= 4 is 18.3 Å². The summed E-state index contributed by atoms with van der Waals surface area (Å²) >= 11 is 0. The number of carbonyl (C=O) groups excluding carboxylic acids is 1. The van der Waals surface area contributed by atoms with Crippen LogP contribution < -0.4 is 15.8 Å². The van der Waals surface area contributed by atoms with Gasteiger partial charge in [0, 0.05) is 24.1 Å². The number of nitrogens with two attached hydrogens (primary N) is 1. The lowest BCUT2D eigenvalue weighted by molar-refractivity contribution is -0.128. The van der Waals surface area contributed by atoms with E-state index in [1.807, 2.05) is 0 Å². The van der Waals surface area contributed by atoms with E-state index in [2.05, 4.69) is 30.4 Å². The largest absolute Gasteiger partial charge is 0.493 e. The first-order valence-corrected chi connectivity index (χ1v) is 10.4. The average molecular weight is 393 g/mol. The topological polar surface area (TPSA) is 64.4 Å². The molecule has 3 fully saturated rings. The molecule has 4 rings (SSSR count). The van der Waals surface area contributed by atoms with Crippen LogP contribution in [-0.2, 0) is 11.3 Å². The highest BCUT2D eigenvalue weighted by Crippen LogP contribution is 2.42. The Kier molecular flexibility index (Phi) is 6.69. The number of nitrogens with one attached hydrogen (secondary N) is 1. The van der Waals surface area contributed by atoms with Crippen LogP contribution in [0.15, 0.2) is 18.2 Å². The zero-order chi connectivity index (χ0) is 18.1. The van der Waals surface area contributed by atoms with Crippen molar-refractivity contribution in [1.29, 1.82) is 0 Å². The fourth-order valence-electron chi connectivity index (χ4n) is 4.76. The molecule has 5 heteroatoms. The maximum atomic E-state index is 12.8. The van der Waals surface area contributed by atoms with Crippen molar-refractivity contribution in [3.05, 3.63) is 29.3 Å². The molecular weight excluding hydrogens is 360 g/mol. The summed E-state index contributed by atoms with van der Waals surface area (Å²) in [5, 5.41) is 3.18. The lowest BCUT2D eigenvalue weighted by Gasteiger charge is -2.43. The number of aryl methyl sites for hydroxylation is 1. The van der Waals surface area contributed by atoms with Crippen LogP contribution in [0.2, 0.25) is 0 Å². The number of ether oxygens (including phenoxy) is 1. The Balaban J connectivity index is 0.00000210. The van der Waals surface area contributed by atoms with Crippen molar-refractivity contribution in [2.24, 2.45) is 29.4 Å². The molecule has 0 heterocycles. The van der Waals surface area contributed by atoms with Crippen LogP contribution in [0.4, 0.5) is 0 Å². The summed E-state index contributed by atoms with van der Waals surface area (Å²) in [6.07, 6.45) is 8.15. The number of benzene rings is 1. The van der Waals surface area contributed by atoms with Gasteiger partial charge in [-0.2, -0.15) is 0 Å². The van der Waals surface area contributed by atoms with Gasteiger partial charge in [0.2, 0.25) is 5.91 Å². The average Bonchev–Trinajstić information content (AvgIpc) is 3.43. The van der Waals surface area contributed by atoms with E-state index in [0.717, 1.165) is 36.7 Å². The van der Waals surface area contributed by atoms with Gasteiger partial charge in [0.15, 0.2) is 0 Å². The Labute approximate surface area is 169 Å². The second kappa shape index (κ2) is 8.83. The molecule has 2 unspecified atom stereocenters. The Bertz CT molecular complexity index is 648. The molecule has 150 valence electrons. The molecular formula is C22H33ClN2O2. The third-order valence-corrected chi connectivity index (χ3v) is 6.63. The molecule has 27 heavy (non-hydrogen) atoms. The highest BCUT2D eigenvalue weighted by molar-refractivity contribution is 5.85. The van der Waals surface area contributed by atoms with Gasteiger partial charge in [0.25, 0.3) is 0 Å². The van der Waals surface area contributed by atoms with Gasteiger partial charge >= 0.3 is 0 Å². The van der Waals surface area contributed by atoms with Gasteiger partial charge < -0.3 is 15.8 Å². The van der Waals surface area contributed by atoms with Crippen molar-refractivity contribution in [3.8, 4) is 5.75 Å². The van der Waals surface area contributed by atoms with Crippen molar-refractivity contribution < 1.29 is 9.53 Å². The number of carbonyl (C=O) groups is 1. The third kappa shape index (κ3) is 4.97. The third-order valence-electron chi connectivity index (χ3n) is 6.63. The second-order valence-electron chi connectivity index (χ2n) is 8.78. The van der Waals surface area contributed by atoms with Crippen LogP contribution >= 0.6 is 12.4 Å². The van der Waals surface area contributed by atoms with Crippen LogP contribution in [0.1, 0.15) is 56.1 Å². The van der Waals surface area contributed by atoms with Gasteiger partial charge in [-0.1, -0.05) is 18.6 Å². The Morgan fingerprint density at radius 3 is 2.56 bits per heavy atom. The van der Waals surface area contributed by atoms with E-state index in [1.165, 1.54) is 37.7 Å². The highest BCUT2D eigenvalue weighted by Gasteiger charge is 2.40. The summed E-state index contributed by atoms with van der Waals surface area (Å²) < 4.78 is 6.03. The van der Waals surface area contributed by atoms with Crippen LogP contribution in [-0.4, -0.2) is 18.6 Å². The lowest BCUT2D eigenvalue weighted by Crippen LogP contribution is -2.49. The van der Waals surface area contributed by atoms with Crippen molar-refractivity contribution in [2.75, 3.05) is 6.61 Å². The number of hydrogen-bond acceptors (Lipinski definition) is 3. The maximum Gasteiger partial charge on any atom is 0.223 e. The first-order chi connectivity index (χ1) is 12.6. The molecule has 2 atom stereocenters. The standard InChI is InChI=1S/C22H32N2O2.ClH/c1-14-5-8-18(20(9-14)26-13-15-6-7-15)12-24-22(25)19-10-16-3-2-4-17(11-19)21(16)23;/h5,8-9,15-17,19,21H,2-4,6-7,10-13,23H2,1H3,(H,24,25);1H. The molecule has 3 aliphatic rings. The number of rotatable bonds is 6. The maximum absolute atomic E-state index is 12.8. The minimum absolute atomic E-state index is 0. The van der Waals surface area contributed by atoms with Crippen molar-refractivity contribution in [1.82, 2.24) is 5.32 Å². The summed E-state index contributed by atoms with van der Waals surface area (Å²) in [5.41, 5.74) is 8.64. The Hall–Kier alpha value is -1.26. The molecule has 1 aromatic carbocycles. The van der Waals surface area contributed by atoms with Gasteiger partial charge in [-0.3, -0.25) is 4.79 Å². The fraction of sp³-hybridized carbons (Fsp3) is 0.682. The SMILES string of the molecule is Cc1ccc(CNC(=O)C2CC3CCCC(C2)C3N)c(OCC2CC2)c1.Cl. The van der Waals surface area contributed by atoms with E-state index in [-0.39, 0.29) is 24.2 Å². The zero-order valence-electron chi connectivity index (χ0n) is 16.3. The number of fused-ring (bicyclic) bond motifs is 2. The van der Waals surface area contributed by atoms with E-state index >= 15 is 0 Å². The second-order valence-corrected chi connectivity index (χ2v) is 8.78. The predicted octanol–water partition coefficient (Wildman–Crippen LogP) is 3.98. The van der Waals surface area contributed by atoms with Gasteiger partial charge in [0.1, 0.15) is 5.75 Å². The molecule has 3 aliphatic carbocycles. The van der Waals surface area contributed by atoms with Crippen LogP contribution in [0, 0.1) is 30.6 Å². The molecule has 3 saturated carbocycles. The van der Waals surface area contributed by atoms with Crippen LogP contribution in [0.25, 0.3) is 0 Å². The highest BCUT2D eigenvalue weighted by atomic mass is 35.5. The minimum Gasteiger partial charge on any atom is -0.493 e. The van der Waals surface area contributed by atoms with Gasteiger partial charge in [0.05, 0.1) is 6.61 Å². The molecule has 0 radical (unpaired) electrons. The lowest BCUT2D eigenvalue weighted by atomic mass is 9.65. The van der Waals surface area contributed by atoms with E-state index in [4.69, 9.17) is 10.5 Å². The number of amides is 1. The zero-order valence-corrected chi connectivity index (χ0v) is 17.1. The summed E-state index contributed by atoms with van der Waals surface area (Å²) in [7, 11) is 0. The number of hydrogen-bond donors (Lipinski definition) is 2. The summed E-state index contributed by atoms with van der Waals surface area (Å²) in [5.74, 6) is 3.06. The predicted molar refractivity (Wildman–Crippen MR) is 110 cm³/mol. The summed E-state index contributed by atoms with van der Waals surface area (Å²) in [6, 6.07) is 6.58. The fourth-order valence-corrected chi connectivity index (χ4v) is 4.76. The van der Waals surface area contributed by atoms with Crippen molar-refractivity contribution in [3.63, 3.8) is 0 Å². The Morgan fingerprint density at radius 1 is 1.19 bits per heavy atom. The summed E-state index contributed by atoms with van der Waals surface area (Å²) in [4.78, 5) is 12.8. The normalized spacial score (nSPS) is 29.6. The van der Waals surface area contributed by atoms with E-state index in [1.54, 1.807) is 0 Å². The summed E-state index contributed by atoms with van der Waals surface area (Å²) in [6.45, 7) is 3.43. The van der Waals surface area contributed by atoms with Gasteiger partial charge in [-0.05, 0) is 74.8 Å². The smallest absolute Gasteiger partial charge is 0.223 e. The van der Waals surface area contributed by atoms with E-state index in [9.17, 15) is 4.79 Å². The molecule has 1 aromatic rings. The molecule has 0 saturated heterocycles. The molecule has 0 aliphatic heterocycles. The van der Waals surface area contributed by atoms with Gasteiger partial charge in [-0.25, -0.2) is 0 Å². The van der Waals surface area contributed by atoms with Crippen LogP contribution in [0.3, 0.4) is 0 Å². The van der Waals surface area contributed by atoms with E-state index < -0.39 is 0 Å². The van der Waals surface area contributed by atoms with Crippen molar-refractivity contribution in [2.45, 2.75) is 64.5 Å². The molecule has 0 aromatic heterocycles.